The smallest absolute Gasteiger partial charge is 0.337 e. The highest BCUT2D eigenvalue weighted by Gasteiger charge is 2.38. The van der Waals surface area contributed by atoms with Crippen LogP contribution in [0, 0.1) is 22.7 Å². The number of carbonyl (C=O) groups is 2. The third-order valence-electron chi connectivity index (χ3n) is 5.42. The maximum Gasteiger partial charge on any atom is 0.337 e. The van der Waals surface area contributed by atoms with Crippen molar-refractivity contribution in [1.29, 1.82) is 10.5 Å². The number of carbonyl (C=O) groups excluding carboxylic acids is 2. The standard InChI is InChI=1S/C28H25N3O4/c1-19-24(27(32)34-15-7-12-21-9-4-3-5-10-21)26(23-13-6-11-22(17-23)18-30)25(20(2)31-19)28(33)35-16-8-14-29/h3-7,9-13,17,26,31H,8,15-16H2,1-2H3/b12-7+. The third-order valence-corrected chi connectivity index (χ3v) is 5.42. The maximum absolute atomic E-state index is 13.3. The van der Waals surface area contributed by atoms with Crippen LogP contribution in [-0.2, 0) is 19.1 Å². The molecular weight excluding hydrogens is 442 g/mol. The van der Waals surface area contributed by atoms with Gasteiger partial charge in [-0.1, -0.05) is 48.5 Å². The fourth-order valence-electron chi connectivity index (χ4n) is 3.87. The normalized spacial score (nSPS) is 15.3. The second-order valence-electron chi connectivity index (χ2n) is 7.83. The molecule has 0 amide bonds. The van der Waals surface area contributed by atoms with Gasteiger partial charge in [-0.2, -0.15) is 10.5 Å². The number of nitrogens with one attached hydrogen (secondary N) is 1. The number of dihydropyridines is 1. The van der Waals surface area contributed by atoms with E-state index < -0.39 is 17.9 Å². The van der Waals surface area contributed by atoms with Crippen LogP contribution >= 0.6 is 0 Å². The van der Waals surface area contributed by atoms with Gasteiger partial charge in [0.2, 0.25) is 0 Å². The van der Waals surface area contributed by atoms with E-state index in [1.807, 2.05) is 42.5 Å². The molecule has 1 aliphatic heterocycles. The van der Waals surface area contributed by atoms with Crippen molar-refractivity contribution >= 4 is 18.0 Å². The van der Waals surface area contributed by atoms with E-state index in [2.05, 4.69) is 11.4 Å². The summed E-state index contributed by atoms with van der Waals surface area (Å²) in [5.74, 6) is -2.03. The Labute approximate surface area is 204 Å². The molecular formula is C28H25N3O4. The molecule has 7 heteroatoms. The van der Waals surface area contributed by atoms with Crippen molar-refractivity contribution in [2.24, 2.45) is 0 Å². The Morgan fingerprint density at radius 1 is 0.971 bits per heavy atom. The van der Waals surface area contributed by atoms with Crippen molar-refractivity contribution in [1.82, 2.24) is 5.32 Å². The summed E-state index contributed by atoms with van der Waals surface area (Å²) < 4.78 is 10.8. The van der Waals surface area contributed by atoms with Gasteiger partial charge in [0.05, 0.1) is 41.2 Å². The molecule has 2 aromatic carbocycles. The molecule has 0 bridgehead atoms. The molecule has 1 aliphatic rings. The van der Waals surface area contributed by atoms with Crippen LogP contribution in [0.3, 0.4) is 0 Å². The Morgan fingerprint density at radius 3 is 2.31 bits per heavy atom. The van der Waals surface area contributed by atoms with Crippen LogP contribution in [0.4, 0.5) is 0 Å². The van der Waals surface area contributed by atoms with Gasteiger partial charge in [0.25, 0.3) is 0 Å². The Balaban J connectivity index is 1.92. The molecule has 2 aromatic rings. The SMILES string of the molecule is CC1=C(C(=O)OC/C=C/c2ccccc2)C(c2cccc(C#N)c2)C(C(=O)OCCC#N)=C(C)N1. The first-order valence-electron chi connectivity index (χ1n) is 11.1. The highest BCUT2D eigenvalue weighted by Crippen LogP contribution is 2.39. The van der Waals surface area contributed by atoms with Crippen molar-refractivity contribution < 1.29 is 19.1 Å². The fraction of sp³-hybridized carbons (Fsp3) is 0.214. The third kappa shape index (κ3) is 6.25. The molecule has 0 saturated carbocycles. The van der Waals surface area contributed by atoms with Gasteiger partial charge in [0.1, 0.15) is 13.2 Å². The number of nitrogens with zero attached hydrogens (tertiary/aromatic N) is 2. The topological polar surface area (TPSA) is 112 Å². The molecule has 1 N–H and O–H groups in total. The van der Waals surface area contributed by atoms with E-state index in [1.165, 1.54) is 0 Å². The number of esters is 2. The van der Waals surface area contributed by atoms with E-state index in [0.29, 0.717) is 22.5 Å². The van der Waals surface area contributed by atoms with Crippen LogP contribution in [-0.4, -0.2) is 25.2 Å². The second-order valence-corrected chi connectivity index (χ2v) is 7.83. The van der Waals surface area contributed by atoms with Crippen molar-refractivity contribution in [3.8, 4) is 12.1 Å². The van der Waals surface area contributed by atoms with E-state index in [1.54, 1.807) is 44.2 Å². The predicted molar refractivity (Wildman–Crippen MR) is 130 cm³/mol. The lowest BCUT2D eigenvalue weighted by Crippen LogP contribution is -2.32. The second kappa shape index (κ2) is 12.0. The minimum atomic E-state index is -0.801. The number of hydrogen-bond donors (Lipinski definition) is 1. The summed E-state index contributed by atoms with van der Waals surface area (Å²) in [5.41, 5.74) is 3.51. The van der Waals surface area contributed by atoms with Gasteiger partial charge in [-0.15, -0.1) is 0 Å². The van der Waals surface area contributed by atoms with Crippen LogP contribution in [0.2, 0.25) is 0 Å². The van der Waals surface area contributed by atoms with E-state index in [0.717, 1.165) is 5.56 Å². The van der Waals surface area contributed by atoms with E-state index in [9.17, 15) is 14.9 Å². The molecule has 1 atom stereocenters. The molecule has 176 valence electrons. The molecule has 1 heterocycles. The number of benzene rings is 2. The molecule has 0 spiro atoms. The fourth-order valence-corrected chi connectivity index (χ4v) is 3.87. The molecule has 0 aromatic heterocycles. The number of rotatable bonds is 8. The summed E-state index contributed by atoms with van der Waals surface area (Å²) in [4.78, 5) is 26.3. The number of ether oxygens (including phenoxy) is 2. The van der Waals surface area contributed by atoms with Crippen LogP contribution < -0.4 is 5.32 Å². The van der Waals surface area contributed by atoms with Crippen molar-refractivity contribution in [3.05, 3.63) is 99.9 Å². The predicted octanol–water partition coefficient (Wildman–Crippen LogP) is 4.51. The lowest BCUT2D eigenvalue weighted by atomic mass is 9.80. The minimum absolute atomic E-state index is 0.0418. The van der Waals surface area contributed by atoms with Crippen LogP contribution in [0.25, 0.3) is 6.08 Å². The Morgan fingerprint density at radius 2 is 1.66 bits per heavy atom. The molecule has 35 heavy (non-hydrogen) atoms. The summed E-state index contributed by atoms with van der Waals surface area (Å²) in [6, 6.07) is 20.4. The highest BCUT2D eigenvalue weighted by molar-refractivity contribution is 6.00. The summed E-state index contributed by atoms with van der Waals surface area (Å²) in [5, 5.41) is 21.3. The van der Waals surface area contributed by atoms with Gasteiger partial charge in [-0.25, -0.2) is 9.59 Å². The van der Waals surface area contributed by atoms with Crippen molar-refractivity contribution in [3.63, 3.8) is 0 Å². The summed E-state index contributed by atoms with van der Waals surface area (Å²) >= 11 is 0. The molecule has 0 fully saturated rings. The molecule has 0 aliphatic carbocycles. The quantitative estimate of drug-likeness (QED) is 0.449. The van der Waals surface area contributed by atoms with E-state index in [-0.39, 0.29) is 30.8 Å². The van der Waals surface area contributed by atoms with Gasteiger partial charge in [0, 0.05) is 11.4 Å². The molecule has 0 saturated heterocycles. The zero-order chi connectivity index (χ0) is 25.2. The summed E-state index contributed by atoms with van der Waals surface area (Å²) in [7, 11) is 0. The van der Waals surface area contributed by atoms with Crippen molar-refractivity contribution in [2.45, 2.75) is 26.2 Å². The van der Waals surface area contributed by atoms with Gasteiger partial charge >= 0.3 is 11.9 Å². The molecule has 0 radical (unpaired) electrons. The maximum atomic E-state index is 13.3. The first-order valence-corrected chi connectivity index (χ1v) is 11.1. The summed E-state index contributed by atoms with van der Waals surface area (Å²) in [6.07, 6.45) is 3.64. The Hall–Kier alpha value is -4.62. The Kier molecular flexibility index (Phi) is 8.59. The average Bonchev–Trinajstić information content (AvgIpc) is 2.86. The van der Waals surface area contributed by atoms with Gasteiger partial charge < -0.3 is 14.8 Å². The average molecular weight is 468 g/mol. The molecule has 1 unspecified atom stereocenters. The monoisotopic (exact) mass is 467 g/mol. The van der Waals surface area contributed by atoms with Gasteiger partial charge in [-0.05, 0) is 43.2 Å². The van der Waals surface area contributed by atoms with Crippen LogP contribution in [0.15, 0.2) is 83.2 Å². The van der Waals surface area contributed by atoms with Crippen molar-refractivity contribution in [2.75, 3.05) is 13.2 Å². The first-order chi connectivity index (χ1) is 17.0. The zero-order valence-electron chi connectivity index (χ0n) is 19.6. The van der Waals surface area contributed by atoms with E-state index in [4.69, 9.17) is 14.7 Å². The minimum Gasteiger partial charge on any atom is -0.461 e. The number of nitriles is 2. The van der Waals surface area contributed by atoms with Crippen LogP contribution in [0.1, 0.15) is 42.9 Å². The lowest BCUT2D eigenvalue weighted by Gasteiger charge is -2.30. The lowest BCUT2D eigenvalue weighted by molar-refractivity contribution is -0.139. The first kappa shape index (κ1) is 25.0. The van der Waals surface area contributed by atoms with Gasteiger partial charge in [0.15, 0.2) is 0 Å². The zero-order valence-corrected chi connectivity index (χ0v) is 19.6. The summed E-state index contributed by atoms with van der Waals surface area (Å²) in [6.45, 7) is 3.43. The van der Waals surface area contributed by atoms with Gasteiger partial charge in [-0.3, -0.25) is 0 Å². The molecule has 7 nitrogen and oxygen atoms in total. The highest BCUT2D eigenvalue weighted by atomic mass is 16.5. The number of hydrogen-bond acceptors (Lipinski definition) is 7. The number of allylic oxidation sites excluding steroid dienone is 2. The van der Waals surface area contributed by atoms with Crippen LogP contribution in [0.5, 0.6) is 0 Å². The largest absolute Gasteiger partial charge is 0.461 e. The molecule has 3 rings (SSSR count). The van der Waals surface area contributed by atoms with E-state index >= 15 is 0 Å². The Bertz CT molecular complexity index is 1280.